The van der Waals surface area contributed by atoms with E-state index in [9.17, 15) is 18.0 Å². The van der Waals surface area contributed by atoms with Crippen LogP contribution in [0, 0.1) is 13.8 Å². The normalized spacial score (nSPS) is 14.5. The van der Waals surface area contributed by atoms with E-state index in [0.29, 0.717) is 17.1 Å². The minimum absolute atomic E-state index is 0.0314. The Morgan fingerprint density at radius 3 is 2.68 bits per heavy atom. The van der Waals surface area contributed by atoms with Crippen molar-refractivity contribution >= 4 is 33.0 Å². The van der Waals surface area contributed by atoms with Gasteiger partial charge in [0.05, 0.1) is 15.8 Å². The van der Waals surface area contributed by atoms with Crippen molar-refractivity contribution in [3.63, 3.8) is 0 Å². The van der Waals surface area contributed by atoms with E-state index in [1.807, 2.05) is 26.0 Å². The third-order valence-corrected chi connectivity index (χ3v) is 6.71. The summed E-state index contributed by atoms with van der Waals surface area (Å²) in [5.41, 5.74) is 2.96. The van der Waals surface area contributed by atoms with Gasteiger partial charge in [-0.25, -0.2) is 8.42 Å². The second-order valence-corrected chi connectivity index (χ2v) is 9.29. The van der Waals surface area contributed by atoms with E-state index in [2.05, 4.69) is 10.6 Å². The first kappa shape index (κ1) is 19.9. The second kappa shape index (κ2) is 7.63. The Bertz CT molecular complexity index is 1050. The maximum Gasteiger partial charge on any atom is 0.262 e. The highest BCUT2D eigenvalue weighted by Gasteiger charge is 2.28. The summed E-state index contributed by atoms with van der Waals surface area (Å²) in [6, 6.07) is 9.91. The molecule has 8 heteroatoms. The maximum absolute atomic E-state index is 12.9. The van der Waals surface area contributed by atoms with Crippen LogP contribution < -0.4 is 15.4 Å². The number of carbonyl (C=O) groups excluding carboxylic acids is 2. The smallest absolute Gasteiger partial charge is 0.262 e. The van der Waals surface area contributed by atoms with Crippen molar-refractivity contribution in [3.05, 3.63) is 47.5 Å². The van der Waals surface area contributed by atoms with E-state index >= 15 is 0 Å². The Hall–Kier alpha value is -2.87. The molecule has 0 unspecified atom stereocenters. The average molecular weight is 402 g/mol. The molecule has 0 aliphatic carbocycles. The van der Waals surface area contributed by atoms with E-state index in [0.717, 1.165) is 11.1 Å². The predicted molar refractivity (Wildman–Crippen MR) is 106 cm³/mol. The Morgan fingerprint density at radius 1 is 1.21 bits per heavy atom. The molecule has 0 saturated heterocycles. The highest BCUT2D eigenvalue weighted by atomic mass is 32.2. The van der Waals surface area contributed by atoms with Gasteiger partial charge in [0.15, 0.2) is 16.4 Å². The number of amides is 2. The molecule has 1 aliphatic heterocycles. The summed E-state index contributed by atoms with van der Waals surface area (Å²) in [7, 11) is -3.76. The van der Waals surface area contributed by atoms with Crippen molar-refractivity contribution in [2.75, 3.05) is 17.2 Å². The first-order valence-electron chi connectivity index (χ1n) is 8.84. The van der Waals surface area contributed by atoms with Crippen molar-refractivity contribution in [3.8, 4) is 5.75 Å². The first-order valence-corrected chi connectivity index (χ1v) is 10.4. The minimum Gasteiger partial charge on any atom is -0.482 e. The molecule has 2 aromatic carbocycles. The SMILES string of the molecule is Cc1ccc(NC(=O)C[C@H](C)S(=O)(=O)c2ccc3c(c2)NC(=O)CO3)c(C)c1. The van der Waals surface area contributed by atoms with Crippen molar-refractivity contribution in [2.45, 2.75) is 37.3 Å². The average Bonchev–Trinajstić information content (AvgIpc) is 2.63. The zero-order chi connectivity index (χ0) is 20.5. The van der Waals surface area contributed by atoms with Crippen LogP contribution in [0.1, 0.15) is 24.5 Å². The summed E-state index contributed by atoms with van der Waals surface area (Å²) in [6.45, 7) is 5.23. The summed E-state index contributed by atoms with van der Waals surface area (Å²) in [5.74, 6) is -0.306. The number of nitrogens with one attached hydrogen (secondary N) is 2. The topological polar surface area (TPSA) is 102 Å². The van der Waals surface area contributed by atoms with Gasteiger partial charge in [0.1, 0.15) is 5.75 Å². The van der Waals surface area contributed by atoms with Crippen LogP contribution in [0.4, 0.5) is 11.4 Å². The van der Waals surface area contributed by atoms with Gasteiger partial charge in [0.2, 0.25) is 5.91 Å². The Labute approximate surface area is 164 Å². The summed E-state index contributed by atoms with van der Waals surface area (Å²) >= 11 is 0. The van der Waals surface area contributed by atoms with Gasteiger partial charge < -0.3 is 15.4 Å². The van der Waals surface area contributed by atoms with Crippen molar-refractivity contribution in [1.29, 1.82) is 0 Å². The lowest BCUT2D eigenvalue weighted by atomic mass is 10.1. The fourth-order valence-corrected chi connectivity index (χ4v) is 4.37. The third-order valence-electron chi connectivity index (χ3n) is 4.57. The quantitative estimate of drug-likeness (QED) is 0.801. The molecule has 2 aromatic rings. The zero-order valence-electron chi connectivity index (χ0n) is 15.9. The van der Waals surface area contributed by atoms with Crippen molar-refractivity contribution in [1.82, 2.24) is 0 Å². The Kier molecular flexibility index (Phi) is 5.42. The molecule has 0 radical (unpaired) electrons. The first-order chi connectivity index (χ1) is 13.2. The van der Waals surface area contributed by atoms with Crippen LogP contribution in [0.3, 0.4) is 0 Å². The molecular formula is C20H22N2O5S. The van der Waals surface area contributed by atoms with Gasteiger partial charge in [-0.1, -0.05) is 17.7 Å². The molecule has 3 rings (SSSR count). The molecule has 1 aliphatic rings. The number of hydrogen-bond donors (Lipinski definition) is 2. The maximum atomic E-state index is 12.9. The number of carbonyl (C=O) groups is 2. The predicted octanol–water partition coefficient (Wildman–Crippen LogP) is 2.83. The summed E-state index contributed by atoms with van der Waals surface area (Å²) in [4.78, 5) is 23.8. The largest absolute Gasteiger partial charge is 0.482 e. The van der Waals surface area contributed by atoms with E-state index in [4.69, 9.17) is 4.74 Å². The van der Waals surface area contributed by atoms with E-state index in [-0.39, 0.29) is 29.7 Å². The lowest BCUT2D eigenvalue weighted by Gasteiger charge is -2.19. The van der Waals surface area contributed by atoms with Gasteiger partial charge in [0.25, 0.3) is 5.91 Å². The number of hydrogen-bond acceptors (Lipinski definition) is 5. The zero-order valence-corrected chi connectivity index (χ0v) is 16.7. The molecule has 28 heavy (non-hydrogen) atoms. The van der Waals surface area contributed by atoms with Crippen LogP contribution in [0.5, 0.6) is 5.75 Å². The van der Waals surface area contributed by atoms with Crippen molar-refractivity contribution < 1.29 is 22.7 Å². The minimum atomic E-state index is -3.76. The fraction of sp³-hybridized carbons (Fsp3) is 0.300. The molecular weight excluding hydrogens is 380 g/mol. The van der Waals surface area contributed by atoms with Crippen LogP contribution in [0.25, 0.3) is 0 Å². The lowest BCUT2D eigenvalue weighted by Crippen LogP contribution is -2.27. The molecule has 0 aromatic heterocycles. The number of rotatable bonds is 5. The molecule has 0 spiro atoms. The van der Waals surface area contributed by atoms with E-state index < -0.39 is 15.1 Å². The van der Waals surface area contributed by atoms with Crippen LogP contribution in [0.2, 0.25) is 0 Å². The monoisotopic (exact) mass is 402 g/mol. The summed E-state index contributed by atoms with van der Waals surface area (Å²) in [5, 5.41) is 4.42. The van der Waals surface area contributed by atoms with Crippen LogP contribution in [-0.4, -0.2) is 32.1 Å². The lowest BCUT2D eigenvalue weighted by molar-refractivity contribution is -0.118. The second-order valence-electron chi connectivity index (χ2n) is 6.92. The third kappa shape index (κ3) is 4.17. The van der Waals surface area contributed by atoms with Gasteiger partial charge in [-0.15, -0.1) is 0 Å². The van der Waals surface area contributed by atoms with E-state index in [1.165, 1.54) is 25.1 Å². The molecule has 2 N–H and O–H groups in total. The number of benzene rings is 2. The Morgan fingerprint density at radius 2 is 1.96 bits per heavy atom. The number of fused-ring (bicyclic) bond motifs is 1. The van der Waals surface area contributed by atoms with Gasteiger partial charge >= 0.3 is 0 Å². The fourth-order valence-electron chi connectivity index (χ4n) is 3.00. The number of anilines is 2. The van der Waals surface area contributed by atoms with Gasteiger partial charge in [-0.3, -0.25) is 9.59 Å². The molecule has 0 bridgehead atoms. The molecule has 1 heterocycles. The highest BCUT2D eigenvalue weighted by molar-refractivity contribution is 7.92. The summed E-state index contributed by atoms with van der Waals surface area (Å²) < 4.78 is 31.0. The van der Waals surface area contributed by atoms with Crippen LogP contribution in [-0.2, 0) is 19.4 Å². The molecule has 0 saturated carbocycles. The summed E-state index contributed by atoms with van der Waals surface area (Å²) in [6.07, 6.45) is -0.185. The van der Waals surface area contributed by atoms with Gasteiger partial charge in [0, 0.05) is 12.1 Å². The van der Waals surface area contributed by atoms with Gasteiger partial charge in [-0.05, 0) is 50.6 Å². The number of ether oxygens (including phenoxy) is 1. The molecule has 2 amide bonds. The number of sulfone groups is 1. The van der Waals surface area contributed by atoms with Gasteiger partial charge in [-0.2, -0.15) is 0 Å². The highest BCUT2D eigenvalue weighted by Crippen LogP contribution is 2.31. The van der Waals surface area contributed by atoms with Crippen molar-refractivity contribution in [2.24, 2.45) is 0 Å². The standard InChI is InChI=1S/C20H22N2O5S/c1-12-4-6-16(13(2)8-12)21-19(23)9-14(3)28(25,26)15-5-7-18-17(10-15)22-20(24)11-27-18/h4-8,10,14H,9,11H2,1-3H3,(H,21,23)(H,22,24)/t14-/m0/s1. The molecule has 1 atom stereocenters. The molecule has 0 fully saturated rings. The van der Waals surface area contributed by atoms with Crippen LogP contribution >= 0.6 is 0 Å². The molecule has 7 nitrogen and oxygen atoms in total. The van der Waals surface area contributed by atoms with Crippen LogP contribution in [0.15, 0.2) is 41.3 Å². The molecule has 148 valence electrons. The Balaban J connectivity index is 1.74. The number of aryl methyl sites for hydroxylation is 2. The van der Waals surface area contributed by atoms with E-state index in [1.54, 1.807) is 6.07 Å².